The lowest BCUT2D eigenvalue weighted by atomic mass is 9.94. The predicted octanol–water partition coefficient (Wildman–Crippen LogP) is 4.84. The average Bonchev–Trinajstić information content (AvgIpc) is 3.38. The van der Waals surface area contributed by atoms with Crippen molar-refractivity contribution >= 4 is 34.2 Å². The van der Waals surface area contributed by atoms with E-state index < -0.39 is 5.97 Å². The maximum absolute atomic E-state index is 11.7. The van der Waals surface area contributed by atoms with E-state index in [9.17, 15) is 9.90 Å². The highest BCUT2D eigenvalue weighted by Gasteiger charge is 2.44. The molecule has 1 saturated heterocycles. The standard InChI is InChI=1S/C26H28N6O2/c1-16-13-19(17(2)28-21-6-4-3-5-18(21)24(33)34)22-20(14-16)23-30-27-15-32(23)25(29-22)31-11-9-26(7-8-26)10-12-31/h3-6,13-15,17,28H,7-12H2,1-2H3,(H,33,34)/t17-/m1/s1. The number of piperidine rings is 1. The molecule has 0 bridgehead atoms. The number of aromatic carboxylic acids is 1. The van der Waals surface area contributed by atoms with Crippen LogP contribution >= 0.6 is 0 Å². The lowest BCUT2D eigenvalue weighted by Crippen LogP contribution is -2.36. The number of hydrogen-bond acceptors (Lipinski definition) is 6. The van der Waals surface area contributed by atoms with Crippen molar-refractivity contribution < 1.29 is 9.90 Å². The third-order valence-electron chi connectivity index (χ3n) is 7.56. The molecule has 2 fully saturated rings. The van der Waals surface area contributed by atoms with Crippen molar-refractivity contribution in [1.82, 2.24) is 19.6 Å². The monoisotopic (exact) mass is 456 g/mol. The number of fused-ring (bicyclic) bond motifs is 3. The molecular formula is C26H28N6O2. The normalized spacial score (nSPS) is 17.9. The first-order valence-corrected chi connectivity index (χ1v) is 11.9. The third kappa shape index (κ3) is 3.45. The molecule has 6 rings (SSSR count). The number of hydrogen-bond donors (Lipinski definition) is 2. The van der Waals surface area contributed by atoms with Crippen LogP contribution in [0.15, 0.2) is 42.7 Å². The van der Waals surface area contributed by atoms with E-state index in [2.05, 4.69) is 39.5 Å². The minimum absolute atomic E-state index is 0.162. The van der Waals surface area contributed by atoms with Crippen LogP contribution in [0, 0.1) is 12.3 Å². The van der Waals surface area contributed by atoms with Crippen LogP contribution in [0.5, 0.6) is 0 Å². The van der Waals surface area contributed by atoms with Crippen molar-refractivity contribution in [2.45, 2.75) is 45.6 Å². The Bertz CT molecular complexity index is 1410. The first-order valence-electron chi connectivity index (χ1n) is 11.9. The summed E-state index contributed by atoms with van der Waals surface area (Å²) in [6, 6.07) is 11.1. The van der Waals surface area contributed by atoms with E-state index in [4.69, 9.17) is 4.98 Å². The molecule has 1 saturated carbocycles. The molecule has 8 nitrogen and oxygen atoms in total. The van der Waals surface area contributed by atoms with Crippen LogP contribution < -0.4 is 10.2 Å². The molecule has 4 aromatic rings. The molecule has 0 radical (unpaired) electrons. The lowest BCUT2D eigenvalue weighted by Gasteiger charge is -2.33. The Kier molecular flexibility index (Phi) is 4.72. The number of nitrogens with zero attached hydrogens (tertiary/aromatic N) is 5. The van der Waals surface area contributed by atoms with Gasteiger partial charge in [-0.05, 0) is 68.7 Å². The molecule has 2 aromatic heterocycles. The van der Waals surface area contributed by atoms with Gasteiger partial charge in [0.1, 0.15) is 6.33 Å². The van der Waals surface area contributed by atoms with E-state index in [1.807, 2.05) is 17.4 Å². The van der Waals surface area contributed by atoms with Crippen molar-refractivity contribution in [3.8, 4) is 0 Å². The van der Waals surface area contributed by atoms with Gasteiger partial charge in [0.15, 0.2) is 5.65 Å². The maximum Gasteiger partial charge on any atom is 0.337 e. The summed E-state index contributed by atoms with van der Waals surface area (Å²) < 4.78 is 2.01. The fourth-order valence-electron chi connectivity index (χ4n) is 5.34. The molecule has 3 heterocycles. The van der Waals surface area contributed by atoms with E-state index in [1.165, 1.54) is 25.7 Å². The number of aryl methyl sites for hydroxylation is 1. The Morgan fingerprint density at radius 1 is 1.15 bits per heavy atom. The number of rotatable bonds is 5. The summed E-state index contributed by atoms with van der Waals surface area (Å²) in [5.74, 6) is -0.0697. The smallest absolute Gasteiger partial charge is 0.337 e. The van der Waals surface area contributed by atoms with Crippen LogP contribution in [0.25, 0.3) is 16.6 Å². The molecule has 34 heavy (non-hydrogen) atoms. The van der Waals surface area contributed by atoms with Crippen LogP contribution in [-0.4, -0.2) is 43.7 Å². The SMILES string of the molecule is Cc1cc([C@@H](C)Nc2ccccc2C(=O)O)c2nc(N3CCC4(CC3)CC4)n3cnnc3c2c1. The number of carbonyl (C=O) groups is 1. The van der Waals surface area contributed by atoms with E-state index in [1.54, 1.807) is 24.5 Å². The minimum atomic E-state index is -0.950. The largest absolute Gasteiger partial charge is 0.478 e. The number of nitrogens with one attached hydrogen (secondary N) is 1. The van der Waals surface area contributed by atoms with E-state index in [0.717, 1.165) is 46.7 Å². The van der Waals surface area contributed by atoms with Gasteiger partial charge in [-0.2, -0.15) is 0 Å². The van der Waals surface area contributed by atoms with Gasteiger partial charge in [-0.3, -0.25) is 4.40 Å². The fourth-order valence-corrected chi connectivity index (χ4v) is 5.34. The van der Waals surface area contributed by atoms with E-state index in [0.29, 0.717) is 11.1 Å². The molecular weight excluding hydrogens is 428 g/mol. The van der Waals surface area contributed by atoms with Crippen molar-refractivity contribution in [2.75, 3.05) is 23.3 Å². The Labute approximate surface area is 197 Å². The van der Waals surface area contributed by atoms with E-state index >= 15 is 0 Å². The van der Waals surface area contributed by atoms with Crippen LogP contribution in [0.4, 0.5) is 11.6 Å². The summed E-state index contributed by atoms with van der Waals surface area (Å²) in [5.41, 5.74) is 5.20. The van der Waals surface area contributed by atoms with Gasteiger partial charge in [-0.1, -0.05) is 18.2 Å². The first-order chi connectivity index (χ1) is 16.4. The van der Waals surface area contributed by atoms with Gasteiger partial charge in [-0.15, -0.1) is 10.2 Å². The fraction of sp³-hybridized carbons (Fsp3) is 0.385. The van der Waals surface area contributed by atoms with Crippen molar-refractivity contribution in [3.05, 3.63) is 59.4 Å². The number of aromatic nitrogens is 4. The zero-order valence-corrected chi connectivity index (χ0v) is 19.5. The quantitative estimate of drug-likeness (QED) is 0.444. The molecule has 2 aliphatic rings. The van der Waals surface area contributed by atoms with Gasteiger partial charge >= 0.3 is 5.97 Å². The van der Waals surface area contributed by atoms with E-state index in [-0.39, 0.29) is 11.6 Å². The maximum atomic E-state index is 11.7. The average molecular weight is 457 g/mol. The zero-order chi connectivity index (χ0) is 23.4. The second-order valence-electron chi connectivity index (χ2n) is 9.89. The summed E-state index contributed by atoms with van der Waals surface area (Å²) in [6.07, 6.45) is 6.89. The topological polar surface area (TPSA) is 95.6 Å². The summed E-state index contributed by atoms with van der Waals surface area (Å²) in [7, 11) is 0. The lowest BCUT2D eigenvalue weighted by molar-refractivity contribution is 0.0698. The second kappa shape index (κ2) is 7.68. The number of para-hydroxylation sites is 1. The molecule has 1 aliphatic carbocycles. The highest BCUT2D eigenvalue weighted by atomic mass is 16.4. The molecule has 1 aliphatic heterocycles. The molecule has 1 spiro atoms. The molecule has 8 heteroatoms. The predicted molar refractivity (Wildman–Crippen MR) is 132 cm³/mol. The Balaban J connectivity index is 1.45. The molecule has 0 amide bonds. The molecule has 2 aromatic carbocycles. The molecule has 2 N–H and O–H groups in total. The minimum Gasteiger partial charge on any atom is -0.478 e. The van der Waals surface area contributed by atoms with Gasteiger partial charge in [-0.25, -0.2) is 9.78 Å². The summed E-state index contributed by atoms with van der Waals surface area (Å²) in [5, 5.41) is 22.6. The Morgan fingerprint density at radius 3 is 2.65 bits per heavy atom. The van der Waals surface area contributed by atoms with Gasteiger partial charge < -0.3 is 15.3 Å². The summed E-state index contributed by atoms with van der Waals surface area (Å²) >= 11 is 0. The molecule has 174 valence electrons. The van der Waals surface area contributed by atoms with Gasteiger partial charge in [0.2, 0.25) is 5.95 Å². The zero-order valence-electron chi connectivity index (χ0n) is 19.5. The van der Waals surface area contributed by atoms with Crippen LogP contribution in [0.2, 0.25) is 0 Å². The van der Waals surface area contributed by atoms with Crippen molar-refractivity contribution in [2.24, 2.45) is 5.41 Å². The second-order valence-corrected chi connectivity index (χ2v) is 9.89. The van der Waals surface area contributed by atoms with Crippen LogP contribution in [0.1, 0.15) is 60.1 Å². The van der Waals surface area contributed by atoms with Gasteiger partial charge in [0, 0.05) is 29.7 Å². The number of anilines is 2. The van der Waals surface area contributed by atoms with Crippen LogP contribution in [0.3, 0.4) is 0 Å². The highest BCUT2D eigenvalue weighted by Crippen LogP contribution is 2.53. The number of carboxylic acid groups (broad SMARTS) is 1. The molecule has 0 unspecified atom stereocenters. The Morgan fingerprint density at radius 2 is 1.91 bits per heavy atom. The van der Waals surface area contributed by atoms with Crippen molar-refractivity contribution in [3.63, 3.8) is 0 Å². The summed E-state index contributed by atoms with van der Waals surface area (Å²) in [4.78, 5) is 19.3. The number of benzene rings is 2. The van der Waals surface area contributed by atoms with Gasteiger partial charge in [0.05, 0.1) is 17.1 Å². The number of carboxylic acids is 1. The molecule has 1 atom stereocenters. The highest BCUT2D eigenvalue weighted by molar-refractivity contribution is 5.96. The van der Waals surface area contributed by atoms with Gasteiger partial charge in [0.25, 0.3) is 0 Å². The summed E-state index contributed by atoms with van der Waals surface area (Å²) in [6.45, 7) is 6.08. The van der Waals surface area contributed by atoms with Crippen LogP contribution in [-0.2, 0) is 0 Å². The van der Waals surface area contributed by atoms with Crippen molar-refractivity contribution in [1.29, 1.82) is 0 Å². The Hall–Kier alpha value is -3.68. The first kappa shape index (κ1) is 20.9. The third-order valence-corrected chi connectivity index (χ3v) is 7.56.